The van der Waals surface area contributed by atoms with Crippen LogP contribution >= 0.6 is 11.6 Å². The van der Waals surface area contributed by atoms with Gasteiger partial charge in [-0.1, -0.05) is 29.8 Å². The summed E-state index contributed by atoms with van der Waals surface area (Å²) < 4.78 is 10.5. The maximum absolute atomic E-state index is 10.1. The summed E-state index contributed by atoms with van der Waals surface area (Å²) in [5.74, 6) is 1.51. The highest BCUT2D eigenvalue weighted by Gasteiger charge is 2.09. The van der Waals surface area contributed by atoms with Gasteiger partial charge in [-0.15, -0.1) is 0 Å². The Balaban J connectivity index is 1.91. The lowest BCUT2D eigenvalue weighted by atomic mass is 10.1. The van der Waals surface area contributed by atoms with E-state index in [0.717, 1.165) is 22.6 Å². The van der Waals surface area contributed by atoms with E-state index in [1.807, 2.05) is 30.3 Å². The van der Waals surface area contributed by atoms with Crippen LogP contribution in [0.2, 0.25) is 5.02 Å². The molecule has 0 fully saturated rings. The molecule has 4 nitrogen and oxygen atoms in total. The fourth-order valence-electron chi connectivity index (χ4n) is 2.14. The Morgan fingerprint density at radius 2 is 1.82 bits per heavy atom. The first kappa shape index (κ1) is 16.6. The van der Waals surface area contributed by atoms with Gasteiger partial charge in [-0.25, -0.2) is 0 Å². The Hall–Kier alpha value is -1.75. The number of hydrogen-bond acceptors (Lipinski definition) is 4. The highest BCUT2D eigenvalue weighted by atomic mass is 35.5. The van der Waals surface area contributed by atoms with E-state index in [2.05, 4.69) is 5.32 Å². The molecule has 0 amide bonds. The minimum atomic E-state index is -0.582. The molecule has 0 saturated carbocycles. The van der Waals surface area contributed by atoms with Gasteiger partial charge < -0.3 is 19.9 Å². The predicted molar refractivity (Wildman–Crippen MR) is 87.7 cm³/mol. The molecule has 0 aliphatic rings. The first-order valence-electron chi connectivity index (χ1n) is 6.99. The summed E-state index contributed by atoms with van der Waals surface area (Å²) in [6.45, 7) is 1.04. The Bertz CT molecular complexity index is 601. The molecule has 5 heteroatoms. The second-order valence-electron chi connectivity index (χ2n) is 4.88. The molecule has 2 rings (SSSR count). The Morgan fingerprint density at radius 1 is 1.09 bits per heavy atom. The lowest BCUT2D eigenvalue weighted by molar-refractivity contribution is 0.174. The standard InChI is InChI=1S/C17H20ClNO3/c1-21-15-8-5-13(17(9-15)22-2)10-19-11-16(20)12-3-6-14(18)7-4-12/h3-9,16,19-20H,10-11H2,1-2H3/t16-/m0/s1. The third-order valence-corrected chi connectivity index (χ3v) is 3.65. The third-order valence-electron chi connectivity index (χ3n) is 3.40. The van der Waals surface area contributed by atoms with E-state index < -0.39 is 6.10 Å². The average Bonchev–Trinajstić information content (AvgIpc) is 2.55. The average molecular weight is 322 g/mol. The number of aliphatic hydroxyl groups excluding tert-OH is 1. The first-order valence-corrected chi connectivity index (χ1v) is 7.37. The fraction of sp³-hybridized carbons (Fsp3) is 0.294. The normalized spacial score (nSPS) is 12.0. The molecule has 2 aromatic rings. The molecule has 1 atom stereocenters. The van der Waals surface area contributed by atoms with Crippen molar-refractivity contribution in [1.82, 2.24) is 5.32 Å². The van der Waals surface area contributed by atoms with E-state index in [4.69, 9.17) is 21.1 Å². The van der Waals surface area contributed by atoms with Crippen LogP contribution in [-0.2, 0) is 6.54 Å². The van der Waals surface area contributed by atoms with Crippen LogP contribution in [0.5, 0.6) is 11.5 Å². The lowest BCUT2D eigenvalue weighted by Gasteiger charge is -2.14. The molecule has 0 unspecified atom stereocenters. The van der Waals surface area contributed by atoms with Crippen LogP contribution in [0.25, 0.3) is 0 Å². The number of hydrogen-bond donors (Lipinski definition) is 2. The summed E-state index contributed by atoms with van der Waals surface area (Å²) in [5, 5.41) is 14.0. The minimum absolute atomic E-state index is 0.441. The molecule has 2 N–H and O–H groups in total. The van der Waals surface area contributed by atoms with Crippen molar-refractivity contribution in [3.8, 4) is 11.5 Å². The summed E-state index contributed by atoms with van der Waals surface area (Å²) in [6, 6.07) is 12.9. The van der Waals surface area contributed by atoms with E-state index in [9.17, 15) is 5.11 Å². The monoisotopic (exact) mass is 321 g/mol. The topological polar surface area (TPSA) is 50.7 Å². The van der Waals surface area contributed by atoms with Crippen LogP contribution in [0, 0.1) is 0 Å². The van der Waals surface area contributed by atoms with Crippen LogP contribution < -0.4 is 14.8 Å². The van der Waals surface area contributed by atoms with Crippen molar-refractivity contribution in [2.24, 2.45) is 0 Å². The van der Waals surface area contributed by atoms with E-state index in [0.29, 0.717) is 18.1 Å². The van der Waals surface area contributed by atoms with Crippen molar-refractivity contribution >= 4 is 11.6 Å². The molecular formula is C17H20ClNO3. The van der Waals surface area contributed by atoms with Crippen LogP contribution in [0.4, 0.5) is 0 Å². The molecule has 0 radical (unpaired) electrons. The van der Waals surface area contributed by atoms with Crippen LogP contribution in [0.15, 0.2) is 42.5 Å². The van der Waals surface area contributed by atoms with Crippen molar-refractivity contribution < 1.29 is 14.6 Å². The highest BCUT2D eigenvalue weighted by molar-refractivity contribution is 6.30. The predicted octanol–water partition coefficient (Wildman–Crippen LogP) is 3.18. The highest BCUT2D eigenvalue weighted by Crippen LogP contribution is 2.24. The van der Waals surface area contributed by atoms with Gasteiger partial charge in [0.15, 0.2) is 0 Å². The summed E-state index contributed by atoms with van der Waals surface area (Å²) in [5.41, 5.74) is 1.84. The van der Waals surface area contributed by atoms with Crippen LogP contribution in [0.3, 0.4) is 0 Å². The molecule has 0 spiro atoms. The van der Waals surface area contributed by atoms with Gasteiger partial charge in [0.1, 0.15) is 11.5 Å². The number of aliphatic hydroxyl groups is 1. The van der Waals surface area contributed by atoms with Gasteiger partial charge in [-0.3, -0.25) is 0 Å². The molecule has 22 heavy (non-hydrogen) atoms. The van der Waals surface area contributed by atoms with Gasteiger partial charge in [0, 0.05) is 29.7 Å². The lowest BCUT2D eigenvalue weighted by Crippen LogP contribution is -2.21. The first-order chi connectivity index (χ1) is 10.6. The van der Waals surface area contributed by atoms with Crippen molar-refractivity contribution in [1.29, 1.82) is 0 Å². The number of rotatable bonds is 7. The quantitative estimate of drug-likeness (QED) is 0.822. The summed E-state index contributed by atoms with van der Waals surface area (Å²) in [4.78, 5) is 0. The number of benzene rings is 2. The molecule has 0 aliphatic heterocycles. The SMILES string of the molecule is COc1ccc(CNC[C@H](O)c2ccc(Cl)cc2)c(OC)c1. The van der Waals surface area contributed by atoms with Crippen molar-refractivity contribution in [2.75, 3.05) is 20.8 Å². The van der Waals surface area contributed by atoms with Gasteiger partial charge in [-0.2, -0.15) is 0 Å². The van der Waals surface area contributed by atoms with E-state index in [-0.39, 0.29) is 0 Å². The van der Waals surface area contributed by atoms with Crippen LogP contribution in [-0.4, -0.2) is 25.9 Å². The summed E-state index contributed by atoms with van der Waals surface area (Å²) in [7, 11) is 3.25. The van der Waals surface area contributed by atoms with E-state index in [1.54, 1.807) is 26.4 Å². The number of methoxy groups -OCH3 is 2. The van der Waals surface area contributed by atoms with Gasteiger partial charge in [-0.05, 0) is 23.8 Å². The zero-order valence-electron chi connectivity index (χ0n) is 12.7. The zero-order valence-corrected chi connectivity index (χ0v) is 13.4. The third kappa shape index (κ3) is 4.37. The molecule has 0 heterocycles. The molecule has 118 valence electrons. The maximum atomic E-state index is 10.1. The van der Waals surface area contributed by atoms with Crippen LogP contribution in [0.1, 0.15) is 17.2 Å². The van der Waals surface area contributed by atoms with Gasteiger partial charge in [0.2, 0.25) is 0 Å². The van der Waals surface area contributed by atoms with Gasteiger partial charge in [0.05, 0.1) is 20.3 Å². The largest absolute Gasteiger partial charge is 0.497 e. The number of nitrogens with one attached hydrogen (secondary N) is 1. The van der Waals surface area contributed by atoms with Crippen molar-refractivity contribution in [3.63, 3.8) is 0 Å². The minimum Gasteiger partial charge on any atom is -0.497 e. The Morgan fingerprint density at radius 3 is 2.45 bits per heavy atom. The second-order valence-corrected chi connectivity index (χ2v) is 5.31. The molecule has 0 saturated heterocycles. The summed E-state index contributed by atoms with van der Waals surface area (Å²) in [6.07, 6.45) is -0.582. The number of ether oxygens (including phenoxy) is 2. The number of halogens is 1. The van der Waals surface area contributed by atoms with E-state index in [1.165, 1.54) is 0 Å². The molecular weight excluding hydrogens is 302 g/mol. The zero-order chi connectivity index (χ0) is 15.9. The van der Waals surface area contributed by atoms with Crippen molar-refractivity contribution in [2.45, 2.75) is 12.6 Å². The smallest absolute Gasteiger partial charge is 0.127 e. The summed E-state index contributed by atoms with van der Waals surface area (Å²) >= 11 is 5.84. The fourth-order valence-corrected chi connectivity index (χ4v) is 2.27. The Labute approximate surface area is 135 Å². The maximum Gasteiger partial charge on any atom is 0.127 e. The molecule has 2 aromatic carbocycles. The molecule has 0 aliphatic carbocycles. The van der Waals surface area contributed by atoms with E-state index >= 15 is 0 Å². The van der Waals surface area contributed by atoms with Crippen molar-refractivity contribution in [3.05, 3.63) is 58.6 Å². The Kier molecular flexibility index (Phi) is 6.07. The second kappa shape index (κ2) is 8.03. The van der Waals surface area contributed by atoms with Gasteiger partial charge in [0.25, 0.3) is 0 Å². The molecule has 0 bridgehead atoms. The molecule has 0 aromatic heterocycles. The van der Waals surface area contributed by atoms with Gasteiger partial charge >= 0.3 is 0 Å².